The molecule has 0 amide bonds. The summed E-state index contributed by atoms with van der Waals surface area (Å²) in [5.41, 5.74) is 1.94. The highest BCUT2D eigenvalue weighted by atomic mass is 32.1. The molecule has 1 saturated heterocycles. The van der Waals surface area contributed by atoms with Crippen molar-refractivity contribution >= 4 is 11.3 Å². The number of rotatable bonds is 5. The van der Waals surface area contributed by atoms with Crippen molar-refractivity contribution in [1.82, 2.24) is 24.8 Å². The van der Waals surface area contributed by atoms with Crippen LogP contribution in [0.5, 0.6) is 0 Å². The average Bonchev–Trinajstić information content (AvgIpc) is 3.23. The lowest BCUT2D eigenvalue weighted by Crippen LogP contribution is -2.34. The van der Waals surface area contributed by atoms with E-state index in [9.17, 15) is 4.79 Å². The van der Waals surface area contributed by atoms with Crippen LogP contribution in [0.2, 0.25) is 0 Å². The van der Waals surface area contributed by atoms with Gasteiger partial charge in [-0.1, -0.05) is 19.9 Å². The molecular weight excluding hydrogens is 370 g/mol. The van der Waals surface area contributed by atoms with Gasteiger partial charge >= 0.3 is 0 Å². The van der Waals surface area contributed by atoms with Gasteiger partial charge in [0.05, 0.1) is 10.6 Å². The van der Waals surface area contributed by atoms with Gasteiger partial charge in [0.1, 0.15) is 11.6 Å². The van der Waals surface area contributed by atoms with Crippen LogP contribution in [0.25, 0.3) is 10.7 Å². The number of nitrogens with zero attached hydrogens (tertiary/aromatic N) is 4. The maximum absolute atomic E-state index is 12.2. The molecule has 3 aromatic rings. The number of nitrogens with one attached hydrogen (secondary N) is 1. The van der Waals surface area contributed by atoms with E-state index in [0.717, 1.165) is 54.4 Å². The van der Waals surface area contributed by atoms with E-state index < -0.39 is 0 Å². The Morgan fingerprint density at radius 2 is 2.14 bits per heavy atom. The minimum atomic E-state index is -0.0804. The maximum Gasteiger partial charge on any atom is 0.251 e. The van der Waals surface area contributed by atoms with Gasteiger partial charge in [0.15, 0.2) is 0 Å². The van der Waals surface area contributed by atoms with Crippen LogP contribution in [0.4, 0.5) is 0 Å². The summed E-state index contributed by atoms with van der Waals surface area (Å²) < 4.78 is 0. The maximum atomic E-state index is 12.2. The Hall–Kier alpha value is -2.38. The van der Waals surface area contributed by atoms with E-state index in [-0.39, 0.29) is 11.5 Å². The van der Waals surface area contributed by atoms with Crippen LogP contribution in [0.3, 0.4) is 0 Å². The van der Waals surface area contributed by atoms with Crippen LogP contribution in [0.1, 0.15) is 55.6 Å². The predicted molar refractivity (Wildman–Crippen MR) is 112 cm³/mol. The molecule has 146 valence electrons. The first-order chi connectivity index (χ1) is 13.6. The number of aromatic nitrogens is 4. The Morgan fingerprint density at radius 1 is 1.32 bits per heavy atom. The quantitative estimate of drug-likeness (QED) is 0.711. The van der Waals surface area contributed by atoms with Crippen LogP contribution in [-0.4, -0.2) is 37.9 Å². The van der Waals surface area contributed by atoms with Crippen LogP contribution in [0.15, 0.2) is 40.8 Å². The van der Waals surface area contributed by atoms with Crippen molar-refractivity contribution in [1.29, 1.82) is 0 Å². The molecule has 0 aromatic carbocycles. The standard InChI is InChI=1S/C21H25N5OS/c1-14(2)20-22-10-15(11-23-20)12-26-7-3-5-16(13-26)17-9-19(27)25-21(24-17)18-6-4-8-28-18/h4,6,8-11,14,16H,3,5,7,12-13H2,1-2H3,(H,24,25,27)/t16-/m0/s1. The molecule has 4 rings (SSSR count). The van der Waals surface area contributed by atoms with E-state index in [2.05, 4.69) is 33.7 Å². The lowest BCUT2D eigenvalue weighted by molar-refractivity contribution is 0.198. The molecule has 0 aliphatic carbocycles. The second-order valence-electron chi connectivity index (χ2n) is 7.67. The Bertz CT molecular complexity index is 965. The molecule has 0 spiro atoms. The minimum absolute atomic E-state index is 0.0804. The van der Waals surface area contributed by atoms with Crippen molar-refractivity contribution in [2.45, 2.75) is 45.1 Å². The number of thiophene rings is 1. The second-order valence-corrected chi connectivity index (χ2v) is 8.62. The van der Waals surface area contributed by atoms with E-state index in [1.165, 1.54) is 0 Å². The van der Waals surface area contributed by atoms with Gasteiger partial charge in [0, 0.05) is 48.9 Å². The summed E-state index contributed by atoms with van der Waals surface area (Å²) in [6, 6.07) is 5.62. The highest BCUT2D eigenvalue weighted by molar-refractivity contribution is 7.13. The van der Waals surface area contributed by atoms with E-state index >= 15 is 0 Å². The fourth-order valence-corrected chi connectivity index (χ4v) is 4.33. The molecule has 3 aromatic heterocycles. The zero-order valence-electron chi connectivity index (χ0n) is 16.3. The van der Waals surface area contributed by atoms with Crippen LogP contribution in [-0.2, 0) is 6.54 Å². The molecule has 1 fully saturated rings. The lowest BCUT2D eigenvalue weighted by atomic mass is 9.94. The first-order valence-electron chi connectivity index (χ1n) is 9.77. The van der Waals surface area contributed by atoms with Gasteiger partial charge in [-0.2, -0.15) is 0 Å². The molecule has 1 N–H and O–H groups in total. The summed E-state index contributed by atoms with van der Waals surface area (Å²) in [4.78, 5) is 32.2. The molecule has 4 heterocycles. The molecule has 0 radical (unpaired) electrons. The lowest BCUT2D eigenvalue weighted by Gasteiger charge is -2.32. The second kappa shape index (κ2) is 8.32. The number of aromatic amines is 1. The highest BCUT2D eigenvalue weighted by Crippen LogP contribution is 2.28. The highest BCUT2D eigenvalue weighted by Gasteiger charge is 2.23. The molecule has 0 saturated carbocycles. The third kappa shape index (κ3) is 4.36. The Labute approximate surface area is 168 Å². The normalized spacial score (nSPS) is 17.9. The molecule has 1 atom stereocenters. The SMILES string of the molecule is CC(C)c1ncc(CN2CCC[C@H](c3cc(=O)[nH]c(-c4cccs4)n3)C2)cn1. The number of piperidine rings is 1. The zero-order valence-corrected chi connectivity index (χ0v) is 17.1. The summed E-state index contributed by atoms with van der Waals surface area (Å²) >= 11 is 1.59. The topological polar surface area (TPSA) is 74.8 Å². The molecule has 6 nitrogen and oxygen atoms in total. The predicted octanol–water partition coefficient (Wildman–Crippen LogP) is 3.79. The van der Waals surface area contributed by atoms with Gasteiger partial charge in [-0.15, -0.1) is 11.3 Å². The summed E-state index contributed by atoms with van der Waals surface area (Å²) in [5, 5.41) is 2.00. The van der Waals surface area contributed by atoms with Crippen molar-refractivity contribution in [3.05, 3.63) is 63.4 Å². The average molecular weight is 396 g/mol. The molecule has 0 bridgehead atoms. The number of hydrogen-bond donors (Lipinski definition) is 1. The summed E-state index contributed by atoms with van der Waals surface area (Å²) in [6.45, 7) is 6.97. The van der Waals surface area contributed by atoms with Crippen molar-refractivity contribution in [2.75, 3.05) is 13.1 Å². The largest absolute Gasteiger partial charge is 0.306 e. The van der Waals surface area contributed by atoms with Gasteiger partial charge in [-0.3, -0.25) is 9.69 Å². The number of hydrogen-bond acceptors (Lipinski definition) is 6. The van der Waals surface area contributed by atoms with Crippen molar-refractivity contribution in [3.8, 4) is 10.7 Å². The summed E-state index contributed by atoms with van der Waals surface area (Å²) in [6.07, 6.45) is 6.02. The third-order valence-electron chi connectivity index (χ3n) is 5.09. The fourth-order valence-electron chi connectivity index (χ4n) is 3.66. The number of H-pyrrole nitrogens is 1. The van der Waals surface area contributed by atoms with E-state index in [1.807, 2.05) is 29.9 Å². The van der Waals surface area contributed by atoms with Crippen molar-refractivity contribution in [3.63, 3.8) is 0 Å². The van der Waals surface area contributed by atoms with E-state index in [4.69, 9.17) is 4.98 Å². The first-order valence-corrected chi connectivity index (χ1v) is 10.6. The zero-order chi connectivity index (χ0) is 19.5. The number of likely N-dealkylation sites (tertiary alicyclic amines) is 1. The first kappa shape index (κ1) is 19.0. The van der Waals surface area contributed by atoms with E-state index in [1.54, 1.807) is 17.4 Å². The molecule has 28 heavy (non-hydrogen) atoms. The van der Waals surface area contributed by atoms with Crippen molar-refractivity contribution in [2.24, 2.45) is 0 Å². The van der Waals surface area contributed by atoms with Crippen LogP contribution in [0, 0.1) is 0 Å². The van der Waals surface area contributed by atoms with E-state index in [0.29, 0.717) is 11.7 Å². The summed E-state index contributed by atoms with van der Waals surface area (Å²) in [7, 11) is 0. The summed E-state index contributed by atoms with van der Waals surface area (Å²) in [5.74, 6) is 2.17. The van der Waals surface area contributed by atoms with Gasteiger partial charge in [0.2, 0.25) is 0 Å². The smallest absolute Gasteiger partial charge is 0.251 e. The Kier molecular flexibility index (Phi) is 5.64. The van der Waals surface area contributed by atoms with Gasteiger partial charge < -0.3 is 4.98 Å². The van der Waals surface area contributed by atoms with Crippen molar-refractivity contribution < 1.29 is 0 Å². The van der Waals surface area contributed by atoms with Gasteiger partial charge in [-0.25, -0.2) is 15.0 Å². The van der Waals surface area contributed by atoms with Crippen LogP contribution >= 0.6 is 11.3 Å². The monoisotopic (exact) mass is 395 g/mol. The Balaban J connectivity index is 1.49. The molecule has 7 heteroatoms. The molecule has 0 unspecified atom stereocenters. The van der Waals surface area contributed by atoms with Gasteiger partial charge in [-0.05, 0) is 30.8 Å². The third-order valence-corrected chi connectivity index (χ3v) is 5.96. The van der Waals surface area contributed by atoms with Gasteiger partial charge in [0.25, 0.3) is 5.56 Å². The molecule has 1 aliphatic heterocycles. The fraction of sp³-hybridized carbons (Fsp3) is 0.429. The van der Waals surface area contributed by atoms with Crippen LogP contribution < -0.4 is 5.56 Å². The minimum Gasteiger partial charge on any atom is -0.306 e. The Morgan fingerprint density at radius 3 is 2.86 bits per heavy atom. The molecule has 1 aliphatic rings. The molecular formula is C21H25N5OS.